The number of rotatable bonds is 8. The molecule has 0 heterocycles. The molecule has 0 saturated carbocycles. The third-order valence-electron chi connectivity index (χ3n) is 3.87. The van der Waals surface area contributed by atoms with Crippen LogP contribution in [-0.2, 0) is 19.6 Å². The zero-order valence-electron chi connectivity index (χ0n) is 16.0. The molecular formula is C20H21N3O5S. The van der Waals surface area contributed by atoms with E-state index in [1.54, 1.807) is 18.2 Å². The largest absolute Gasteiger partial charge is 0.449 e. The van der Waals surface area contributed by atoms with Gasteiger partial charge in [0.25, 0.3) is 5.91 Å². The lowest BCUT2D eigenvalue weighted by Gasteiger charge is -2.14. The first kappa shape index (κ1) is 22.1. The minimum atomic E-state index is -3.77. The highest BCUT2D eigenvalue weighted by atomic mass is 32.2. The van der Waals surface area contributed by atoms with E-state index in [1.807, 2.05) is 19.1 Å². The van der Waals surface area contributed by atoms with Crippen molar-refractivity contribution in [2.75, 3.05) is 11.9 Å². The molecule has 1 amide bonds. The van der Waals surface area contributed by atoms with Crippen LogP contribution in [0.5, 0.6) is 0 Å². The van der Waals surface area contributed by atoms with Crippen LogP contribution in [0.25, 0.3) is 0 Å². The van der Waals surface area contributed by atoms with Gasteiger partial charge in [0.1, 0.15) is 0 Å². The van der Waals surface area contributed by atoms with Crippen molar-refractivity contribution in [3.8, 4) is 6.07 Å². The number of amides is 1. The average molecular weight is 415 g/mol. The van der Waals surface area contributed by atoms with Gasteiger partial charge >= 0.3 is 5.97 Å². The number of ether oxygens (including phenoxy) is 1. The summed E-state index contributed by atoms with van der Waals surface area (Å²) in [5.74, 6) is -1.23. The Kier molecular flexibility index (Phi) is 7.47. The van der Waals surface area contributed by atoms with E-state index in [0.29, 0.717) is 5.69 Å². The standard InChI is InChI=1S/C20H21N3O5S/c1-14-5-3-6-17(13-14)23-19(24)15(2)28-20(25)16-7-9-18(10-8-16)29(26,27)22-12-4-11-21/h3,5-10,13,15,22H,4,12H2,1-2H3,(H,23,24)/t15-/m0/s1. The summed E-state index contributed by atoms with van der Waals surface area (Å²) in [5.41, 5.74) is 1.68. The van der Waals surface area contributed by atoms with E-state index in [1.165, 1.54) is 31.2 Å². The normalized spacial score (nSPS) is 11.9. The lowest BCUT2D eigenvalue weighted by atomic mass is 10.2. The number of nitrogens with one attached hydrogen (secondary N) is 2. The molecule has 0 aliphatic carbocycles. The van der Waals surface area contributed by atoms with E-state index in [9.17, 15) is 18.0 Å². The molecule has 9 heteroatoms. The Hall–Kier alpha value is -3.22. The second-order valence-electron chi connectivity index (χ2n) is 6.24. The Morgan fingerprint density at radius 2 is 1.86 bits per heavy atom. The number of nitrogens with zero attached hydrogens (tertiary/aromatic N) is 1. The van der Waals surface area contributed by atoms with E-state index >= 15 is 0 Å². The maximum Gasteiger partial charge on any atom is 0.338 e. The second-order valence-corrected chi connectivity index (χ2v) is 8.00. The molecule has 2 N–H and O–H groups in total. The fourth-order valence-electron chi connectivity index (χ4n) is 2.34. The minimum absolute atomic E-state index is 0.00378. The van der Waals surface area contributed by atoms with Crippen molar-refractivity contribution in [1.29, 1.82) is 5.26 Å². The van der Waals surface area contributed by atoms with Gasteiger partial charge in [0.05, 0.1) is 16.5 Å². The molecule has 2 aromatic rings. The van der Waals surface area contributed by atoms with Crippen LogP contribution in [0.15, 0.2) is 53.4 Å². The number of aryl methyl sites for hydroxylation is 1. The molecule has 0 radical (unpaired) electrons. The smallest absolute Gasteiger partial charge is 0.338 e. The molecule has 2 rings (SSSR count). The molecule has 0 aromatic heterocycles. The van der Waals surface area contributed by atoms with Gasteiger partial charge in [0, 0.05) is 18.7 Å². The molecule has 8 nitrogen and oxygen atoms in total. The summed E-state index contributed by atoms with van der Waals surface area (Å²) in [4.78, 5) is 24.4. The Morgan fingerprint density at radius 3 is 2.48 bits per heavy atom. The number of nitriles is 1. The summed E-state index contributed by atoms with van der Waals surface area (Å²) in [6.07, 6.45) is -0.995. The molecule has 0 spiro atoms. The summed E-state index contributed by atoms with van der Waals surface area (Å²) in [5, 5.41) is 11.1. The predicted molar refractivity (Wildman–Crippen MR) is 107 cm³/mol. The predicted octanol–water partition coefficient (Wildman–Crippen LogP) is 2.37. The van der Waals surface area contributed by atoms with Crippen molar-refractivity contribution >= 4 is 27.6 Å². The fourth-order valence-corrected chi connectivity index (χ4v) is 3.38. The lowest BCUT2D eigenvalue weighted by molar-refractivity contribution is -0.123. The van der Waals surface area contributed by atoms with Crippen LogP contribution in [0.3, 0.4) is 0 Å². The van der Waals surface area contributed by atoms with Crippen molar-refractivity contribution in [3.63, 3.8) is 0 Å². The van der Waals surface area contributed by atoms with E-state index < -0.39 is 28.0 Å². The third-order valence-corrected chi connectivity index (χ3v) is 5.34. The topological polar surface area (TPSA) is 125 Å². The van der Waals surface area contributed by atoms with Crippen LogP contribution < -0.4 is 10.0 Å². The zero-order chi connectivity index (χ0) is 21.4. The number of hydrogen-bond acceptors (Lipinski definition) is 6. The molecule has 152 valence electrons. The van der Waals surface area contributed by atoms with Crippen molar-refractivity contribution in [3.05, 3.63) is 59.7 Å². The van der Waals surface area contributed by atoms with E-state index in [4.69, 9.17) is 10.00 Å². The summed E-state index contributed by atoms with van der Waals surface area (Å²) in [6.45, 7) is 3.33. The van der Waals surface area contributed by atoms with E-state index in [-0.39, 0.29) is 23.4 Å². The van der Waals surface area contributed by atoms with Gasteiger partial charge in [0.15, 0.2) is 6.10 Å². The summed E-state index contributed by atoms with van der Waals surface area (Å²) < 4.78 is 31.6. The Labute approximate surface area is 169 Å². The van der Waals surface area contributed by atoms with Gasteiger partial charge in [-0.25, -0.2) is 17.9 Å². The van der Waals surface area contributed by atoms with Crippen LogP contribution in [0.4, 0.5) is 5.69 Å². The second kappa shape index (κ2) is 9.82. The molecule has 0 unspecified atom stereocenters. The minimum Gasteiger partial charge on any atom is -0.449 e. The van der Waals surface area contributed by atoms with Crippen molar-refractivity contribution in [2.45, 2.75) is 31.3 Å². The third kappa shape index (κ3) is 6.41. The van der Waals surface area contributed by atoms with Crippen LogP contribution in [0.2, 0.25) is 0 Å². The Morgan fingerprint density at radius 1 is 1.17 bits per heavy atom. The molecule has 0 aliphatic rings. The number of carbonyl (C=O) groups is 2. The number of anilines is 1. The molecule has 2 aromatic carbocycles. The van der Waals surface area contributed by atoms with Crippen LogP contribution in [0, 0.1) is 18.3 Å². The van der Waals surface area contributed by atoms with Crippen LogP contribution in [-0.4, -0.2) is 32.9 Å². The number of esters is 1. The molecule has 1 atom stereocenters. The highest BCUT2D eigenvalue weighted by Crippen LogP contribution is 2.14. The van der Waals surface area contributed by atoms with Crippen LogP contribution in [0.1, 0.15) is 29.3 Å². The molecule has 0 bridgehead atoms. The van der Waals surface area contributed by atoms with Gasteiger partial charge < -0.3 is 10.1 Å². The van der Waals surface area contributed by atoms with Gasteiger partial charge in [0.2, 0.25) is 10.0 Å². The molecule has 29 heavy (non-hydrogen) atoms. The molecule has 0 saturated heterocycles. The van der Waals surface area contributed by atoms with Gasteiger partial charge in [-0.2, -0.15) is 5.26 Å². The van der Waals surface area contributed by atoms with Gasteiger partial charge in [-0.3, -0.25) is 4.79 Å². The van der Waals surface area contributed by atoms with Gasteiger partial charge in [-0.1, -0.05) is 12.1 Å². The van der Waals surface area contributed by atoms with Gasteiger partial charge in [-0.15, -0.1) is 0 Å². The first-order valence-electron chi connectivity index (χ1n) is 8.78. The van der Waals surface area contributed by atoms with Crippen molar-refractivity contribution in [1.82, 2.24) is 4.72 Å². The van der Waals surface area contributed by atoms with Crippen molar-refractivity contribution < 1.29 is 22.7 Å². The summed E-state index contributed by atoms with van der Waals surface area (Å²) in [6, 6.07) is 14.1. The number of benzene rings is 2. The maximum atomic E-state index is 12.2. The van der Waals surface area contributed by atoms with E-state index in [0.717, 1.165) is 5.56 Å². The summed E-state index contributed by atoms with van der Waals surface area (Å²) >= 11 is 0. The molecule has 0 fully saturated rings. The first-order valence-corrected chi connectivity index (χ1v) is 10.3. The zero-order valence-corrected chi connectivity index (χ0v) is 16.8. The average Bonchev–Trinajstić information content (AvgIpc) is 2.68. The first-order chi connectivity index (χ1) is 13.7. The maximum absolute atomic E-state index is 12.2. The number of carbonyl (C=O) groups excluding carboxylic acids is 2. The fraction of sp³-hybridized carbons (Fsp3) is 0.250. The SMILES string of the molecule is Cc1cccc(NC(=O)[C@H](C)OC(=O)c2ccc(S(=O)(=O)NCCC#N)cc2)c1. The number of sulfonamides is 1. The Bertz CT molecular complexity index is 1030. The Balaban J connectivity index is 1.98. The number of hydrogen-bond donors (Lipinski definition) is 2. The monoisotopic (exact) mass is 415 g/mol. The quantitative estimate of drug-likeness (QED) is 0.504. The van der Waals surface area contributed by atoms with E-state index in [2.05, 4.69) is 10.0 Å². The summed E-state index contributed by atoms with van der Waals surface area (Å²) in [7, 11) is -3.77. The lowest BCUT2D eigenvalue weighted by Crippen LogP contribution is -2.30. The highest BCUT2D eigenvalue weighted by Gasteiger charge is 2.20. The van der Waals surface area contributed by atoms with Gasteiger partial charge in [-0.05, 0) is 55.8 Å². The molecular weight excluding hydrogens is 394 g/mol. The van der Waals surface area contributed by atoms with Crippen LogP contribution >= 0.6 is 0 Å². The highest BCUT2D eigenvalue weighted by molar-refractivity contribution is 7.89. The molecule has 0 aliphatic heterocycles. The van der Waals surface area contributed by atoms with Crippen molar-refractivity contribution in [2.24, 2.45) is 0 Å².